The number of hydrogen-bond donors (Lipinski definition) is 0. The lowest BCUT2D eigenvalue weighted by molar-refractivity contribution is 0.998. The van der Waals surface area contributed by atoms with Crippen molar-refractivity contribution in [2.24, 2.45) is 0 Å². The maximum atomic E-state index is 5.30. The Morgan fingerprint density at radius 2 is 0.654 bits per heavy atom. The fourth-order valence-electron chi connectivity index (χ4n) is 7.37. The molecule has 6 aromatic carbocycles. The molecule has 5 nitrogen and oxygen atoms in total. The first-order valence-corrected chi connectivity index (χ1v) is 17.5. The van der Waals surface area contributed by atoms with E-state index in [0.717, 1.165) is 83.6 Å². The number of fused-ring (bicyclic) bond motifs is 5. The SMILES string of the molecule is c1ccc(-c2cc(-n3c4ccccc4c4c3c3ccccc3n4-c3nc(-c4ccccc4)cc(-c4ccccc4)n3)cc(-c3ccccc3)n2)cc1. The molecule has 4 heterocycles. The third kappa shape index (κ3) is 4.98. The van der Waals surface area contributed by atoms with Crippen LogP contribution in [0.5, 0.6) is 0 Å². The van der Waals surface area contributed by atoms with E-state index in [4.69, 9.17) is 15.0 Å². The standard InChI is InChI=1S/C47H31N5/c1-5-17-32(18-6-1)39-29-36(30-40(48-39)33-19-7-2-8-20-33)51-43-27-15-13-25-37(43)46-45(51)38-26-14-16-28-44(38)52(46)47-49-41(34-21-9-3-10-22-34)31-42(50-47)35-23-11-4-12-24-35/h1-31H. The van der Waals surface area contributed by atoms with Crippen LogP contribution in [0.3, 0.4) is 0 Å². The fourth-order valence-corrected chi connectivity index (χ4v) is 7.37. The number of nitrogens with zero attached hydrogens (tertiary/aromatic N) is 5. The number of benzene rings is 6. The minimum atomic E-state index is 0.624. The Morgan fingerprint density at radius 1 is 0.308 bits per heavy atom. The molecule has 5 heteroatoms. The zero-order valence-corrected chi connectivity index (χ0v) is 28.1. The van der Waals surface area contributed by atoms with Crippen molar-refractivity contribution in [3.05, 3.63) is 188 Å². The van der Waals surface area contributed by atoms with Gasteiger partial charge in [-0.1, -0.05) is 158 Å². The molecule has 4 aromatic heterocycles. The zero-order valence-electron chi connectivity index (χ0n) is 28.1. The molecule has 0 unspecified atom stereocenters. The van der Waals surface area contributed by atoms with E-state index in [9.17, 15) is 0 Å². The van der Waals surface area contributed by atoms with Crippen LogP contribution in [-0.2, 0) is 0 Å². The molecule has 244 valence electrons. The first kappa shape index (κ1) is 29.8. The van der Waals surface area contributed by atoms with Crippen molar-refractivity contribution in [3.8, 4) is 56.7 Å². The Labute approximate surface area is 300 Å². The lowest BCUT2D eigenvalue weighted by Crippen LogP contribution is -2.03. The molecule has 0 bridgehead atoms. The highest BCUT2D eigenvalue weighted by Crippen LogP contribution is 2.41. The second-order valence-corrected chi connectivity index (χ2v) is 12.9. The zero-order chi connectivity index (χ0) is 34.4. The van der Waals surface area contributed by atoms with Crippen molar-refractivity contribution in [2.75, 3.05) is 0 Å². The molecule has 0 saturated carbocycles. The topological polar surface area (TPSA) is 48.5 Å². The fraction of sp³-hybridized carbons (Fsp3) is 0. The molecule has 0 aliphatic carbocycles. The van der Waals surface area contributed by atoms with Gasteiger partial charge < -0.3 is 4.57 Å². The maximum Gasteiger partial charge on any atom is 0.235 e. The molecule has 0 spiro atoms. The summed E-state index contributed by atoms with van der Waals surface area (Å²) in [6, 6.07) is 65.3. The molecule has 0 radical (unpaired) electrons. The van der Waals surface area contributed by atoms with Crippen molar-refractivity contribution >= 4 is 32.8 Å². The van der Waals surface area contributed by atoms with Crippen LogP contribution in [0.4, 0.5) is 0 Å². The summed E-state index contributed by atoms with van der Waals surface area (Å²) in [5.41, 5.74) is 13.1. The molecule has 0 amide bonds. The van der Waals surface area contributed by atoms with Gasteiger partial charge in [0.15, 0.2) is 0 Å². The van der Waals surface area contributed by atoms with E-state index < -0.39 is 0 Å². The predicted molar refractivity (Wildman–Crippen MR) is 213 cm³/mol. The summed E-state index contributed by atoms with van der Waals surface area (Å²) < 4.78 is 4.64. The van der Waals surface area contributed by atoms with Gasteiger partial charge in [0.05, 0.1) is 50.5 Å². The number of hydrogen-bond acceptors (Lipinski definition) is 3. The molecule has 52 heavy (non-hydrogen) atoms. The summed E-state index contributed by atoms with van der Waals surface area (Å²) in [6.45, 7) is 0. The second-order valence-electron chi connectivity index (χ2n) is 12.9. The summed E-state index contributed by atoms with van der Waals surface area (Å²) in [5.74, 6) is 0.624. The second kappa shape index (κ2) is 12.3. The Morgan fingerprint density at radius 3 is 1.10 bits per heavy atom. The molecule has 0 atom stereocenters. The number of pyridine rings is 1. The van der Waals surface area contributed by atoms with E-state index in [0.29, 0.717) is 5.95 Å². The van der Waals surface area contributed by atoms with E-state index in [2.05, 4.69) is 173 Å². The first-order valence-electron chi connectivity index (χ1n) is 17.5. The van der Waals surface area contributed by atoms with Gasteiger partial charge in [0, 0.05) is 33.0 Å². The number of aromatic nitrogens is 5. The van der Waals surface area contributed by atoms with Gasteiger partial charge in [0.1, 0.15) is 0 Å². The monoisotopic (exact) mass is 665 g/mol. The highest BCUT2D eigenvalue weighted by atomic mass is 15.2. The smallest absolute Gasteiger partial charge is 0.235 e. The van der Waals surface area contributed by atoms with Crippen LogP contribution in [0.1, 0.15) is 0 Å². The summed E-state index contributed by atoms with van der Waals surface area (Å²) >= 11 is 0. The summed E-state index contributed by atoms with van der Waals surface area (Å²) in [5, 5.41) is 2.23. The lowest BCUT2D eigenvalue weighted by atomic mass is 10.1. The van der Waals surface area contributed by atoms with Crippen LogP contribution in [-0.4, -0.2) is 24.1 Å². The van der Waals surface area contributed by atoms with Gasteiger partial charge in [-0.05, 0) is 30.3 Å². The van der Waals surface area contributed by atoms with Crippen molar-refractivity contribution in [3.63, 3.8) is 0 Å². The maximum absolute atomic E-state index is 5.30. The van der Waals surface area contributed by atoms with Crippen LogP contribution < -0.4 is 0 Å². The van der Waals surface area contributed by atoms with E-state index in [1.807, 2.05) is 24.3 Å². The van der Waals surface area contributed by atoms with Crippen LogP contribution in [0.15, 0.2) is 188 Å². The van der Waals surface area contributed by atoms with Gasteiger partial charge in [-0.15, -0.1) is 0 Å². The largest absolute Gasteiger partial charge is 0.307 e. The van der Waals surface area contributed by atoms with Crippen LogP contribution in [0, 0.1) is 0 Å². The summed E-state index contributed by atoms with van der Waals surface area (Å²) in [4.78, 5) is 15.8. The quantitative estimate of drug-likeness (QED) is 0.178. The third-order valence-electron chi connectivity index (χ3n) is 9.73. The Hall–Kier alpha value is -7.11. The molecular weight excluding hydrogens is 635 g/mol. The van der Waals surface area contributed by atoms with Gasteiger partial charge >= 0.3 is 0 Å². The van der Waals surface area contributed by atoms with Gasteiger partial charge in [-0.3, -0.25) is 4.57 Å². The number of para-hydroxylation sites is 2. The van der Waals surface area contributed by atoms with Crippen LogP contribution in [0.25, 0.3) is 89.5 Å². The molecule has 0 fully saturated rings. The Kier molecular flexibility index (Phi) is 7.07. The third-order valence-corrected chi connectivity index (χ3v) is 9.73. The minimum absolute atomic E-state index is 0.624. The molecule has 10 aromatic rings. The van der Waals surface area contributed by atoms with E-state index in [1.54, 1.807) is 0 Å². The van der Waals surface area contributed by atoms with Gasteiger partial charge in [0.25, 0.3) is 0 Å². The molecular formula is C47H31N5. The molecule has 0 aliphatic rings. The number of rotatable bonds is 6. The summed E-state index contributed by atoms with van der Waals surface area (Å²) in [6.07, 6.45) is 0. The van der Waals surface area contributed by atoms with E-state index in [1.165, 1.54) is 0 Å². The highest BCUT2D eigenvalue weighted by Gasteiger charge is 2.24. The van der Waals surface area contributed by atoms with E-state index >= 15 is 0 Å². The molecule has 0 N–H and O–H groups in total. The van der Waals surface area contributed by atoms with Crippen molar-refractivity contribution in [1.29, 1.82) is 0 Å². The molecule has 0 saturated heterocycles. The van der Waals surface area contributed by atoms with Crippen molar-refractivity contribution in [2.45, 2.75) is 0 Å². The van der Waals surface area contributed by atoms with Crippen molar-refractivity contribution in [1.82, 2.24) is 24.1 Å². The van der Waals surface area contributed by atoms with E-state index in [-0.39, 0.29) is 0 Å². The highest BCUT2D eigenvalue weighted by molar-refractivity contribution is 6.19. The van der Waals surface area contributed by atoms with Gasteiger partial charge in [-0.25, -0.2) is 15.0 Å². The minimum Gasteiger partial charge on any atom is -0.307 e. The average Bonchev–Trinajstić information content (AvgIpc) is 3.75. The van der Waals surface area contributed by atoms with Gasteiger partial charge in [-0.2, -0.15) is 0 Å². The van der Waals surface area contributed by atoms with Crippen molar-refractivity contribution < 1.29 is 0 Å². The first-order chi connectivity index (χ1) is 25.8. The molecule has 10 rings (SSSR count). The Bertz CT molecular complexity index is 2560. The van der Waals surface area contributed by atoms with Gasteiger partial charge in [0.2, 0.25) is 5.95 Å². The Balaban J connectivity index is 1.31. The summed E-state index contributed by atoms with van der Waals surface area (Å²) in [7, 11) is 0. The average molecular weight is 666 g/mol. The van der Waals surface area contributed by atoms with Crippen LogP contribution >= 0.6 is 0 Å². The predicted octanol–water partition coefficient (Wildman–Crippen LogP) is 11.6. The van der Waals surface area contributed by atoms with Crippen LogP contribution in [0.2, 0.25) is 0 Å². The normalized spacial score (nSPS) is 11.5. The lowest BCUT2D eigenvalue weighted by Gasteiger charge is -2.13. The molecule has 0 aliphatic heterocycles.